The Morgan fingerprint density at radius 3 is 2.25 bits per heavy atom. The van der Waals surface area contributed by atoms with E-state index < -0.39 is 5.60 Å². The predicted molar refractivity (Wildman–Crippen MR) is 223 cm³/mol. The van der Waals surface area contributed by atoms with Gasteiger partial charge in [-0.1, -0.05) is 43.9 Å². The average molecular weight is 765 g/mol. The van der Waals surface area contributed by atoms with Gasteiger partial charge in [0.2, 0.25) is 5.60 Å². The Morgan fingerprint density at radius 2 is 1.68 bits per heavy atom. The number of carbonyl (C=O) groups is 1. The van der Waals surface area contributed by atoms with Crippen molar-refractivity contribution in [1.82, 2.24) is 20.2 Å². The van der Waals surface area contributed by atoms with Crippen molar-refractivity contribution < 1.29 is 29.6 Å². The maximum atomic E-state index is 11.7. The Labute approximate surface area is 332 Å². The van der Waals surface area contributed by atoms with E-state index in [1.807, 2.05) is 43.3 Å². The van der Waals surface area contributed by atoms with Gasteiger partial charge in [-0.25, -0.2) is 0 Å². The van der Waals surface area contributed by atoms with Crippen molar-refractivity contribution >= 4 is 12.4 Å². The fourth-order valence-corrected chi connectivity index (χ4v) is 8.00. The molecule has 10 heteroatoms. The Kier molecular flexibility index (Phi) is 15.6. The van der Waals surface area contributed by atoms with E-state index >= 15 is 0 Å². The lowest BCUT2D eigenvalue weighted by Crippen LogP contribution is -2.39. The zero-order valence-electron chi connectivity index (χ0n) is 33.0. The van der Waals surface area contributed by atoms with Crippen LogP contribution < -0.4 is 10.1 Å². The summed E-state index contributed by atoms with van der Waals surface area (Å²) in [6, 6.07) is 20.1. The highest BCUT2D eigenvalue weighted by molar-refractivity contribution is 5.76. The van der Waals surface area contributed by atoms with Gasteiger partial charge in [0, 0.05) is 38.1 Å². The zero-order valence-corrected chi connectivity index (χ0v) is 33.0. The van der Waals surface area contributed by atoms with Crippen LogP contribution in [-0.2, 0) is 21.7 Å². The smallest absolute Gasteiger partial charge is 0.201 e. The first-order chi connectivity index (χ1) is 27.2. The van der Waals surface area contributed by atoms with Gasteiger partial charge in [0.15, 0.2) is 0 Å². The predicted octanol–water partition coefficient (Wildman–Crippen LogP) is 8.41. The monoisotopic (exact) mass is 764 g/mol. The van der Waals surface area contributed by atoms with E-state index in [1.54, 1.807) is 18.5 Å². The number of ether oxygens (including phenoxy) is 2. The van der Waals surface area contributed by atoms with Crippen LogP contribution in [0.15, 0.2) is 104 Å². The highest BCUT2D eigenvalue weighted by Gasteiger charge is 2.40. The van der Waals surface area contributed by atoms with Crippen molar-refractivity contribution in [3.63, 3.8) is 0 Å². The normalized spacial score (nSPS) is 17.8. The summed E-state index contributed by atoms with van der Waals surface area (Å²) in [5, 5.41) is 33.1. The first-order valence-corrected chi connectivity index (χ1v) is 19.9. The number of H-pyrrole nitrogens is 2. The van der Waals surface area contributed by atoms with Crippen LogP contribution in [0.4, 0.5) is 0 Å². The first-order valence-electron chi connectivity index (χ1n) is 19.9. The SMILES string of the molecule is C=C(OC1CCC(N(C)CCCOc2ccc(CNCC(c3ccc(O)c(C)c3/C=C\C=O)C3CCC3)cc2)CC1)C(O)(c1ccc[nH]1)c1ccc[nH]1.C=CO. The second-order valence-electron chi connectivity index (χ2n) is 15.0. The maximum Gasteiger partial charge on any atom is 0.201 e. The van der Waals surface area contributed by atoms with E-state index in [9.17, 15) is 15.0 Å². The summed E-state index contributed by atoms with van der Waals surface area (Å²) in [5.41, 5.74) is 3.95. The molecule has 0 amide bonds. The van der Waals surface area contributed by atoms with Gasteiger partial charge in [0.1, 0.15) is 23.5 Å². The molecule has 6 N–H and O–H groups in total. The molecule has 0 aliphatic heterocycles. The van der Waals surface area contributed by atoms with Crippen molar-refractivity contribution in [3.05, 3.63) is 138 Å². The molecule has 2 fully saturated rings. The number of hydrogen-bond acceptors (Lipinski definition) is 8. The van der Waals surface area contributed by atoms with Gasteiger partial charge in [-0.15, -0.1) is 0 Å². The number of rotatable bonds is 19. The van der Waals surface area contributed by atoms with E-state index in [4.69, 9.17) is 14.6 Å². The number of nitrogens with zero attached hydrogens (tertiary/aromatic N) is 1. The van der Waals surface area contributed by atoms with Crippen LogP contribution in [0.25, 0.3) is 6.08 Å². The number of aliphatic hydroxyl groups excluding tert-OH is 1. The number of carbonyl (C=O) groups excluding carboxylic acids is 1. The molecule has 6 rings (SSSR count). The minimum Gasteiger partial charge on any atom is -0.516 e. The van der Waals surface area contributed by atoms with Crippen LogP contribution in [0, 0.1) is 12.8 Å². The Hall–Kier alpha value is -5.03. The molecule has 2 aliphatic rings. The Morgan fingerprint density at radius 1 is 1.02 bits per heavy atom. The van der Waals surface area contributed by atoms with E-state index in [2.05, 4.69) is 64.7 Å². The van der Waals surface area contributed by atoms with Crippen molar-refractivity contribution in [3.8, 4) is 11.5 Å². The summed E-state index contributed by atoms with van der Waals surface area (Å²) in [4.78, 5) is 19.8. The second-order valence-corrected chi connectivity index (χ2v) is 15.0. The molecule has 2 saturated carbocycles. The minimum atomic E-state index is -1.46. The molecule has 300 valence electrons. The Bertz CT molecular complexity index is 1790. The molecule has 0 saturated heterocycles. The summed E-state index contributed by atoms with van der Waals surface area (Å²) < 4.78 is 12.4. The number of aldehydes is 1. The van der Waals surface area contributed by atoms with E-state index in [0.717, 1.165) is 81.2 Å². The molecule has 2 aliphatic carbocycles. The number of aromatic hydroxyl groups is 1. The fraction of sp³-hybridized carbons (Fsp3) is 0.413. The third-order valence-electron chi connectivity index (χ3n) is 11.5. The lowest BCUT2D eigenvalue weighted by atomic mass is 9.71. The molecule has 0 radical (unpaired) electrons. The number of aromatic amines is 2. The number of phenolic OH excluding ortho intramolecular Hbond substituents is 1. The number of benzene rings is 2. The number of phenols is 1. The molecule has 4 aromatic rings. The lowest BCUT2D eigenvalue weighted by Gasteiger charge is -2.37. The van der Waals surface area contributed by atoms with Crippen LogP contribution in [0.1, 0.15) is 90.9 Å². The molecular weight excluding hydrogens is 705 g/mol. The number of aliphatic hydroxyl groups is 2. The van der Waals surface area contributed by atoms with Gasteiger partial charge in [-0.2, -0.15) is 0 Å². The van der Waals surface area contributed by atoms with Gasteiger partial charge in [-0.3, -0.25) is 4.79 Å². The van der Waals surface area contributed by atoms with Gasteiger partial charge in [0.05, 0.1) is 30.4 Å². The molecular formula is C46H60N4O6. The Balaban J connectivity index is 0.00000194. The summed E-state index contributed by atoms with van der Waals surface area (Å²) >= 11 is 0. The van der Waals surface area contributed by atoms with Crippen molar-refractivity contribution in [2.24, 2.45) is 5.92 Å². The molecule has 2 aromatic heterocycles. The van der Waals surface area contributed by atoms with Gasteiger partial charge in [-0.05, 0) is 142 Å². The standard InChI is InChI=1S/C44H56N4O5.C2H4O/c1-31-38(11-7-27-49)39(22-23-41(31)50)40(34-9-4-10-34)30-45-29-33-14-18-36(19-15-33)52-28-8-26-48(3)35-16-20-37(21-17-35)53-32(2)44(51,42-12-5-24-46-42)43-13-6-25-47-43;1-2-3/h5-7,11-15,18-19,22-25,27,34-35,37,40,45-47,50-51H,2,4,8-10,16-17,20-21,26,28-30H2,1,3H3;2-3H,1H2/b11-7-;. The fourth-order valence-electron chi connectivity index (χ4n) is 8.00. The number of allylic oxidation sites excluding steroid dienone is 1. The number of hydrogen-bond donors (Lipinski definition) is 6. The van der Waals surface area contributed by atoms with Crippen LogP contribution in [-0.4, -0.2) is 75.4 Å². The third kappa shape index (κ3) is 10.6. The first kappa shape index (κ1) is 42.1. The van der Waals surface area contributed by atoms with Crippen LogP contribution in [0.2, 0.25) is 0 Å². The lowest BCUT2D eigenvalue weighted by molar-refractivity contribution is -0.104. The summed E-state index contributed by atoms with van der Waals surface area (Å²) in [6.07, 6.45) is 17.0. The molecule has 10 nitrogen and oxygen atoms in total. The van der Waals surface area contributed by atoms with Crippen molar-refractivity contribution in [1.29, 1.82) is 0 Å². The van der Waals surface area contributed by atoms with E-state index in [1.165, 1.54) is 36.5 Å². The summed E-state index contributed by atoms with van der Waals surface area (Å²) in [6.45, 7) is 12.2. The van der Waals surface area contributed by atoms with E-state index in [0.29, 0.717) is 41.6 Å². The quantitative estimate of drug-likeness (QED) is 0.0242. The highest BCUT2D eigenvalue weighted by atomic mass is 16.5. The van der Waals surface area contributed by atoms with Crippen LogP contribution in [0.5, 0.6) is 11.5 Å². The van der Waals surface area contributed by atoms with Crippen LogP contribution >= 0.6 is 0 Å². The van der Waals surface area contributed by atoms with Gasteiger partial charge >= 0.3 is 0 Å². The largest absolute Gasteiger partial charge is 0.516 e. The third-order valence-corrected chi connectivity index (χ3v) is 11.5. The van der Waals surface area contributed by atoms with Crippen molar-refractivity contribution in [2.45, 2.75) is 88.5 Å². The topological polar surface area (TPSA) is 143 Å². The molecule has 0 spiro atoms. The second kappa shape index (κ2) is 20.8. The number of nitrogens with one attached hydrogen (secondary N) is 3. The molecule has 2 heterocycles. The molecule has 0 bridgehead atoms. The highest BCUT2D eigenvalue weighted by Crippen LogP contribution is 2.42. The van der Waals surface area contributed by atoms with Crippen LogP contribution in [0.3, 0.4) is 0 Å². The molecule has 56 heavy (non-hydrogen) atoms. The maximum absolute atomic E-state index is 11.7. The summed E-state index contributed by atoms with van der Waals surface area (Å²) in [5.74, 6) is 2.38. The number of aromatic nitrogens is 2. The minimum absolute atomic E-state index is 0.0160. The molecule has 2 aromatic carbocycles. The molecule has 1 unspecified atom stereocenters. The van der Waals surface area contributed by atoms with Gasteiger partial charge < -0.3 is 45.0 Å². The van der Waals surface area contributed by atoms with Gasteiger partial charge in [0.25, 0.3) is 0 Å². The average Bonchev–Trinajstić information content (AvgIpc) is 3.94. The zero-order chi connectivity index (χ0) is 39.9. The van der Waals surface area contributed by atoms with Crippen molar-refractivity contribution in [2.75, 3.05) is 26.7 Å². The molecule has 1 atom stereocenters. The summed E-state index contributed by atoms with van der Waals surface area (Å²) in [7, 11) is 2.20. The van der Waals surface area contributed by atoms with E-state index in [-0.39, 0.29) is 11.9 Å².